The highest BCUT2D eigenvalue weighted by Crippen LogP contribution is 2.50. The molecule has 1 aliphatic heterocycles. The fourth-order valence-corrected chi connectivity index (χ4v) is 2.01. The average Bonchev–Trinajstić information content (AvgIpc) is 2.84. The molecule has 4 heteroatoms. The summed E-state index contributed by atoms with van der Waals surface area (Å²) in [6, 6.07) is -0.152. The molecule has 2 atom stereocenters. The van der Waals surface area contributed by atoms with E-state index in [9.17, 15) is 4.79 Å². The van der Waals surface area contributed by atoms with Gasteiger partial charge in [-0.05, 0) is 17.8 Å². The molecule has 0 aromatic rings. The summed E-state index contributed by atoms with van der Waals surface area (Å²) >= 11 is 0. The Morgan fingerprint density at radius 3 is 2.87 bits per heavy atom. The summed E-state index contributed by atoms with van der Waals surface area (Å²) in [7, 11) is 0. The van der Waals surface area contributed by atoms with Crippen LogP contribution >= 0.6 is 0 Å². The van der Waals surface area contributed by atoms with Gasteiger partial charge in [0.05, 0.1) is 13.2 Å². The molecule has 1 aliphatic carbocycles. The van der Waals surface area contributed by atoms with Gasteiger partial charge in [-0.25, -0.2) is 0 Å². The minimum absolute atomic E-state index is 0.0809. The van der Waals surface area contributed by atoms with Crippen LogP contribution in [0, 0.1) is 11.3 Å². The van der Waals surface area contributed by atoms with Crippen LogP contribution in [-0.2, 0) is 9.53 Å². The van der Waals surface area contributed by atoms with Gasteiger partial charge >= 0.3 is 0 Å². The second kappa shape index (κ2) is 4.10. The van der Waals surface area contributed by atoms with Gasteiger partial charge in [0.1, 0.15) is 6.04 Å². The van der Waals surface area contributed by atoms with Crippen LogP contribution in [0.2, 0.25) is 0 Å². The lowest BCUT2D eigenvalue weighted by atomic mass is 10.1. The van der Waals surface area contributed by atoms with Gasteiger partial charge < -0.3 is 15.4 Å². The molecule has 1 saturated heterocycles. The van der Waals surface area contributed by atoms with Gasteiger partial charge in [0.15, 0.2) is 0 Å². The van der Waals surface area contributed by atoms with Crippen LogP contribution in [0.4, 0.5) is 0 Å². The summed E-state index contributed by atoms with van der Waals surface area (Å²) in [5.74, 6) is 0.739. The fraction of sp³-hybridized carbons (Fsp3) is 0.909. The lowest BCUT2D eigenvalue weighted by Gasteiger charge is -2.23. The second-order valence-corrected chi connectivity index (χ2v) is 5.22. The van der Waals surface area contributed by atoms with Crippen LogP contribution in [0.15, 0.2) is 0 Å². The quantitative estimate of drug-likeness (QED) is 0.699. The predicted molar refractivity (Wildman–Crippen MR) is 57.5 cm³/mol. The van der Waals surface area contributed by atoms with Gasteiger partial charge in [0.25, 0.3) is 0 Å². The first-order chi connectivity index (χ1) is 7.09. The monoisotopic (exact) mass is 212 g/mol. The minimum Gasteiger partial charge on any atom is -0.378 e. The Kier molecular flexibility index (Phi) is 2.98. The molecule has 0 aromatic carbocycles. The standard InChI is InChI=1S/C11H20N2O2/c1-11(2)5-8(11)6-13-10(14)9-7-15-4-3-12-9/h8-9,12H,3-7H2,1-2H3,(H,13,14). The molecule has 1 saturated carbocycles. The number of amides is 1. The predicted octanol–water partition coefficient (Wildman–Crippen LogP) is 0.137. The van der Waals surface area contributed by atoms with Gasteiger partial charge in [-0.1, -0.05) is 13.8 Å². The molecule has 2 aliphatic rings. The number of nitrogens with one attached hydrogen (secondary N) is 2. The Morgan fingerprint density at radius 1 is 1.60 bits per heavy atom. The molecule has 4 nitrogen and oxygen atoms in total. The van der Waals surface area contributed by atoms with Gasteiger partial charge in [0, 0.05) is 13.1 Å². The van der Waals surface area contributed by atoms with Gasteiger partial charge in [-0.15, -0.1) is 0 Å². The molecule has 2 N–H and O–H groups in total. The van der Waals surface area contributed by atoms with Crippen molar-refractivity contribution < 1.29 is 9.53 Å². The maximum Gasteiger partial charge on any atom is 0.239 e. The SMILES string of the molecule is CC1(C)CC1CNC(=O)C1COCCN1. The third kappa shape index (κ3) is 2.69. The highest BCUT2D eigenvalue weighted by atomic mass is 16.5. The van der Waals surface area contributed by atoms with E-state index in [-0.39, 0.29) is 11.9 Å². The van der Waals surface area contributed by atoms with Crippen LogP contribution in [0.1, 0.15) is 20.3 Å². The van der Waals surface area contributed by atoms with E-state index in [2.05, 4.69) is 24.5 Å². The lowest BCUT2D eigenvalue weighted by Crippen LogP contribution is -2.51. The second-order valence-electron chi connectivity index (χ2n) is 5.22. The topological polar surface area (TPSA) is 50.4 Å². The number of ether oxygens (including phenoxy) is 1. The van der Waals surface area contributed by atoms with E-state index in [1.54, 1.807) is 0 Å². The van der Waals surface area contributed by atoms with Crippen LogP contribution < -0.4 is 10.6 Å². The Balaban J connectivity index is 1.68. The van der Waals surface area contributed by atoms with Gasteiger partial charge in [0.2, 0.25) is 5.91 Å². The van der Waals surface area contributed by atoms with E-state index < -0.39 is 0 Å². The smallest absolute Gasteiger partial charge is 0.239 e. The zero-order valence-electron chi connectivity index (χ0n) is 9.51. The van der Waals surface area contributed by atoms with Crippen molar-refractivity contribution >= 4 is 5.91 Å². The fourth-order valence-electron chi connectivity index (χ4n) is 2.01. The number of carbonyl (C=O) groups excluding carboxylic acids is 1. The Hall–Kier alpha value is -0.610. The largest absolute Gasteiger partial charge is 0.378 e. The Labute approximate surface area is 90.8 Å². The lowest BCUT2D eigenvalue weighted by molar-refractivity contribution is -0.125. The maximum atomic E-state index is 11.7. The van der Waals surface area contributed by atoms with E-state index in [1.165, 1.54) is 6.42 Å². The summed E-state index contributed by atoms with van der Waals surface area (Å²) in [6.07, 6.45) is 1.22. The molecule has 0 radical (unpaired) electrons. The van der Waals surface area contributed by atoms with Crippen molar-refractivity contribution in [2.75, 3.05) is 26.3 Å². The zero-order chi connectivity index (χ0) is 10.9. The van der Waals surface area contributed by atoms with Crippen molar-refractivity contribution in [1.29, 1.82) is 0 Å². The molecule has 0 spiro atoms. The number of carbonyl (C=O) groups is 1. The molecule has 2 unspecified atom stereocenters. The van der Waals surface area contributed by atoms with Gasteiger partial charge in [-0.2, -0.15) is 0 Å². The highest BCUT2D eigenvalue weighted by molar-refractivity contribution is 5.82. The average molecular weight is 212 g/mol. The highest BCUT2D eigenvalue weighted by Gasteiger charge is 2.45. The van der Waals surface area contributed by atoms with E-state index in [0.29, 0.717) is 24.5 Å². The first-order valence-electron chi connectivity index (χ1n) is 5.68. The number of rotatable bonds is 3. The Bertz CT molecular complexity index is 247. The third-order valence-corrected chi connectivity index (χ3v) is 3.48. The van der Waals surface area contributed by atoms with Crippen molar-refractivity contribution in [2.45, 2.75) is 26.3 Å². The molecule has 2 rings (SSSR count). The van der Waals surface area contributed by atoms with Crippen molar-refractivity contribution in [1.82, 2.24) is 10.6 Å². The number of hydrogen-bond acceptors (Lipinski definition) is 3. The maximum absolute atomic E-state index is 11.7. The number of morpholine rings is 1. The molecule has 2 fully saturated rings. The van der Waals surface area contributed by atoms with Gasteiger partial charge in [-0.3, -0.25) is 4.79 Å². The molecule has 0 bridgehead atoms. The molecular weight excluding hydrogens is 192 g/mol. The summed E-state index contributed by atoms with van der Waals surface area (Å²) in [6.45, 7) is 7.27. The third-order valence-electron chi connectivity index (χ3n) is 3.48. The van der Waals surface area contributed by atoms with Crippen LogP contribution in [0.3, 0.4) is 0 Å². The van der Waals surface area contributed by atoms with Crippen LogP contribution in [0.5, 0.6) is 0 Å². The normalized spacial score (nSPS) is 33.5. The Morgan fingerprint density at radius 2 is 2.33 bits per heavy atom. The first kappa shape index (κ1) is 10.9. The number of hydrogen-bond donors (Lipinski definition) is 2. The van der Waals surface area contributed by atoms with Crippen LogP contribution in [0.25, 0.3) is 0 Å². The van der Waals surface area contributed by atoms with E-state index in [4.69, 9.17) is 4.74 Å². The molecular formula is C11H20N2O2. The molecule has 1 heterocycles. The molecule has 0 aromatic heterocycles. The molecule has 86 valence electrons. The zero-order valence-corrected chi connectivity index (χ0v) is 9.51. The summed E-state index contributed by atoms with van der Waals surface area (Å²) in [5, 5.41) is 6.14. The van der Waals surface area contributed by atoms with E-state index in [1.807, 2.05) is 0 Å². The minimum atomic E-state index is -0.152. The van der Waals surface area contributed by atoms with Crippen molar-refractivity contribution in [3.63, 3.8) is 0 Å². The summed E-state index contributed by atoms with van der Waals surface area (Å²) in [5.41, 5.74) is 0.434. The van der Waals surface area contributed by atoms with Crippen molar-refractivity contribution in [2.24, 2.45) is 11.3 Å². The summed E-state index contributed by atoms with van der Waals surface area (Å²) in [4.78, 5) is 11.7. The summed E-state index contributed by atoms with van der Waals surface area (Å²) < 4.78 is 5.24. The van der Waals surface area contributed by atoms with Crippen LogP contribution in [-0.4, -0.2) is 38.3 Å². The van der Waals surface area contributed by atoms with Crippen molar-refractivity contribution in [3.8, 4) is 0 Å². The first-order valence-corrected chi connectivity index (χ1v) is 5.68. The van der Waals surface area contributed by atoms with Crippen molar-refractivity contribution in [3.05, 3.63) is 0 Å². The van der Waals surface area contributed by atoms with E-state index in [0.717, 1.165) is 13.1 Å². The molecule has 1 amide bonds. The molecule has 15 heavy (non-hydrogen) atoms. The van der Waals surface area contributed by atoms with E-state index >= 15 is 0 Å².